The highest BCUT2D eigenvalue weighted by molar-refractivity contribution is 5.92. The molecule has 2 aromatic rings. The molecule has 1 aromatic carbocycles. The van der Waals surface area contributed by atoms with Crippen LogP contribution < -0.4 is 10.1 Å². The molecule has 6 nitrogen and oxygen atoms in total. The predicted molar refractivity (Wildman–Crippen MR) is 96.7 cm³/mol. The molecular formula is C19H23F3N4O2. The van der Waals surface area contributed by atoms with E-state index in [1.807, 2.05) is 0 Å². The molecule has 1 fully saturated rings. The SMILES string of the molecule is Cn1cnc(C(=O)N(Cc2cccc(OC(F)(F)F)c2)C2CCCNCC2)c1. The molecule has 0 aliphatic carbocycles. The Morgan fingerprint density at radius 2 is 2.18 bits per heavy atom. The van der Waals surface area contributed by atoms with Gasteiger partial charge in [0.15, 0.2) is 0 Å². The largest absolute Gasteiger partial charge is 0.573 e. The van der Waals surface area contributed by atoms with E-state index in [2.05, 4.69) is 15.0 Å². The van der Waals surface area contributed by atoms with E-state index in [1.165, 1.54) is 18.2 Å². The van der Waals surface area contributed by atoms with Gasteiger partial charge >= 0.3 is 6.36 Å². The molecule has 2 heterocycles. The lowest BCUT2D eigenvalue weighted by molar-refractivity contribution is -0.274. The summed E-state index contributed by atoms with van der Waals surface area (Å²) in [6.45, 7) is 1.86. The fourth-order valence-electron chi connectivity index (χ4n) is 3.39. The summed E-state index contributed by atoms with van der Waals surface area (Å²) < 4.78 is 43.3. The highest BCUT2D eigenvalue weighted by Crippen LogP contribution is 2.25. The van der Waals surface area contributed by atoms with Gasteiger partial charge in [0.25, 0.3) is 5.91 Å². The van der Waals surface area contributed by atoms with E-state index in [4.69, 9.17) is 0 Å². The van der Waals surface area contributed by atoms with E-state index in [9.17, 15) is 18.0 Å². The summed E-state index contributed by atoms with van der Waals surface area (Å²) in [6.07, 6.45) is 0.968. The Bertz CT molecular complexity index is 798. The number of nitrogens with one attached hydrogen (secondary N) is 1. The van der Waals surface area contributed by atoms with Crippen molar-refractivity contribution in [3.8, 4) is 5.75 Å². The number of rotatable bonds is 5. The maximum absolute atomic E-state index is 13.1. The Labute approximate surface area is 161 Å². The molecule has 1 aliphatic rings. The number of amides is 1. The highest BCUT2D eigenvalue weighted by Gasteiger charge is 2.31. The van der Waals surface area contributed by atoms with E-state index in [1.54, 1.807) is 35.1 Å². The minimum Gasteiger partial charge on any atom is -0.406 e. The predicted octanol–water partition coefficient (Wildman–Crippen LogP) is 3.10. The topological polar surface area (TPSA) is 59.4 Å². The quantitative estimate of drug-likeness (QED) is 0.844. The number of imidazole rings is 1. The van der Waals surface area contributed by atoms with Crippen LogP contribution in [-0.4, -0.2) is 45.9 Å². The highest BCUT2D eigenvalue weighted by atomic mass is 19.4. The molecule has 1 atom stereocenters. The van der Waals surface area contributed by atoms with Crippen LogP contribution in [-0.2, 0) is 13.6 Å². The van der Waals surface area contributed by atoms with Crippen LogP contribution in [0.1, 0.15) is 35.3 Å². The Morgan fingerprint density at radius 1 is 1.36 bits per heavy atom. The van der Waals surface area contributed by atoms with Gasteiger partial charge in [-0.25, -0.2) is 4.98 Å². The molecule has 9 heteroatoms. The molecule has 152 valence electrons. The van der Waals surface area contributed by atoms with Crippen LogP contribution >= 0.6 is 0 Å². The number of nitrogens with zero attached hydrogens (tertiary/aromatic N) is 3. The van der Waals surface area contributed by atoms with Crippen LogP contribution in [0.5, 0.6) is 5.75 Å². The van der Waals surface area contributed by atoms with Gasteiger partial charge in [0.05, 0.1) is 6.33 Å². The molecule has 3 rings (SSSR count). The van der Waals surface area contributed by atoms with E-state index in [0.717, 1.165) is 32.4 Å². The molecule has 1 aromatic heterocycles. The first kappa shape index (κ1) is 20.2. The lowest BCUT2D eigenvalue weighted by Gasteiger charge is -2.31. The second-order valence-electron chi connectivity index (χ2n) is 6.89. The first-order valence-electron chi connectivity index (χ1n) is 9.16. The van der Waals surface area contributed by atoms with Gasteiger partial charge < -0.3 is 19.5 Å². The average Bonchev–Trinajstić information content (AvgIpc) is 2.89. The van der Waals surface area contributed by atoms with Crippen molar-refractivity contribution >= 4 is 5.91 Å². The minimum atomic E-state index is -4.75. The van der Waals surface area contributed by atoms with E-state index in [0.29, 0.717) is 11.3 Å². The number of carbonyl (C=O) groups excluding carboxylic acids is 1. The fraction of sp³-hybridized carbons (Fsp3) is 0.474. The Hall–Kier alpha value is -2.55. The number of aryl methyl sites for hydroxylation is 1. The maximum Gasteiger partial charge on any atom is 0.573 e. The molecule has 28 heavy (non-hydrogen) atoms. The van der Waals surface area contributed by atoms with Gasteiger partial charge in [-0.2, -0.15) is 0 Å². The fourth-order valence-corrected chi connectivity index (χ4v) is 3.39. The van der Waals surface area contributed by atoms with Gasteiger partial charge in [-0.1, -0.05) is 12.1 Å². The summed E-state index contributed by atoms with van der Waals surface area (Å²) in [7, 11) is 1.78. The van der Waals surface area contributed by atoms with Crippen LogP contribution in [0, 0.1) is 0 Å². The number of carbonyl (C=O) groups is 1. The number of aromatic nitrogens is 2. The van der Waals surface area contributed by atoms with E-state index in [-0.39, 0.29) is 24.2 Å². The van der Waals surface area contributed by atoms with Crippen molar-refractivity contribution < 1.29 is 22.7 Å². The van der Waals surface area contributed by atoms with Crippen molar-refractivity contribution in [2.45, 2.75) is 38.2 Å². The molecule has 1 aliphatic heterocycles. The van der Waals surface area contributed by atoms with Crippen molar-refractivity contribution in [3.05, 3.63) is 48.0 Å². The third-order valence-electron chi connectivity index (χ3n) is 4.66. The van der Waals surface area contributed by atoms with Crippen molar-refractivity contribution in [1.29, 1.82) is 0 Å². The van der Waals surface area contributed by atoms with Gasteiger partial charge in [-0.15, -0.1) is 13.2 Å². The number of benzene rings is 1. The molecule has 1 amide bonds. The first-order chi connectivity index (χ1) is 13.3. The van der Waals surface area contributed by atoms with Gasteiger partial charge in [0.1, 0.15) is 11.4 Å². The zero-order chi connectivity index (χ0) is 20.1. The lowest BCUT2D eigenvalue weighted by atomic mass is 10.1. The standard InChI is InChI=1S/C19H23F3N4O2/c1-25-12-17(24-13-25)18(27)26(15-5-3-8-23-9-7-15)11-14-4-2-6-16(10-14)28-19(20,21)22/h2,4,6,10,12-13,15,23H,3,5,7-9,11H2,1H3. The zero-order valence-electron chi connectivity index (χ0n) is 15.6. The summed E-state index contributed by atoms with van der Waals surface area (Å²) in [6, 6.07) is 5.74. The number of ether oxygens (including phenoxy) is 1. The van der Waals surface area contributed by atoms with Crippen LogP contribution in [0.25, 0.3) is 0 Å². The first-order valence-corrected chi connectivity index (χ1v) is 9.16. The molecule has 0 bridgehead atoms. The second kappa shape index (κ2) is 8.64. The summed E-state index contributed by atoms with van der Waals surface area (Å²) in [4.78, 5) is 19.0. The Kier molecular flexibility index (Phi) is 6.23. The monoisotopic (exact) mass is 396 g/mol. The molecule has 0 saturated carbocycles. The van der Waals surface area contributed by atoms with Crippen molar-refractivity contribution in [3.63, 3.8) is 0 Å². The van der Waals surface area contributed by atoms with Gasteiger partial charge in [-0.05, 0) is 50.0 Å². The molecule has 1 saturated heterocycles. The smallest absolute Gasteiger partial charge is 0.406 e. The van der Waals surface area contributed by atoms with Crippen LogP contribution in [0.15, 0.2) is 36.8 Å². The molecule has 1 unspecified atom stereocenters. The average molecular weight is 396 g/mol. The number of hydrogen-bond donors (Lipinski definition) is 1. The number of hydrogen-bond acceptors (Lipinski definition) is 4. The molecular weight excluding hydrogens is 373 g/mol. The summed E-state index contributed by atoms with van der Waals surface area (Å²) in [5.41, 5.74) is 0.894. The van der Waals surface area contributed by atoms with Crippen LogP contribution in [0.2, 0.25) is 0 Å². The maximum atomic E-state index is 13.1. The van der Waals surface area contributed by atoms with Crippen LogP contribution in [0.3, 0.4) is 0 Å². The van der Waals surface area contributed by atoms with E-state index < -0.39 is 6.36 Å². The number of halogens is 3. The molecule has 0 spiro atoms. The van der Waals surface area contributed by atoms with Gasteiger partial charge in [0.2, 0.25) is 0 Å². The normalized spacial score (nSPS) is 17.8. The molecule has 1 N–H and O–H groups in total. The summed E-state index contributed by atoms with van der Waals surface area (Å²) in [5, 5.41) is 3.31. The third kappa shape index (κ3) is 5.48. The van der Waals surface area contributed by atoms with Gasteiger partial charge in [0, 0.05) is 25.8 Å². The van der Waals surface area contributed by atoms with Gasteiger partial charge in [-0.3, -0.25) is 4.79 Å². The zero-order valence-corrected chi connectivity index (χ0v) is 15.6. The molecule has 0 radical (unpaired) electrons. The summed E-state index contributed by atoms with van der Waals surface area (Å²) >= 11 is 0. The van der Waals surface area contributed by atoms with Crippen molar-refractivity contribution in [2.75, 3.05) is 13.1 Å². The minimum absolute atomic E-state index is 0.0169. The Balaban J connectivity index is 1.84. The van der Waals surface area contributed by atoms with E-state index >= 15 is 0 Å². The lowest BCUT2D eigenvalue weighted by Crippen LogP contribution is -2.40. The number of alkyl halides is 3. The third-order valence-corrected chi connectivity index (χ3v) is 4.66. The Morgan fingerprint density at radius 3 is 2.89 bits per heavy atom. The van der Waals surface area contributed by atoms with Crippen molar-refractivity contribution in [1.82, 2.24) is 19.8 Å². The van der Waals surface area contributed by atoms with Crippen molar-refractivity contribution in [2.24, 2.45) is 7.05 Å². The summed E-state index contributed by atoms with van der Waals surface area (Å²) in [5.74, 6) is -0.521. The second-order valence-corrected chi connectivity index (χ2v) is 6.89. The van der Waals surface area contributed by atoms with Crippen LogP contribution in [0.4, 0.5) is 13.2 Å².